The lowest BCUT2D eigenvalue weighted by molar-refractivity contribution is -0.145. The number of carbonyl (C=O) groups excluding carboxylic acids is 2. The van der Waals surface area contributed by atoms with Crippen LogP contribution in [0, 0.1) is 6.92 Å². The largest absolute Gasteiger partial charge is 0.481 e. The first-order chi connectivity index (χ1) is 15.3. The molecule has 1 heterocycles. The van der Waals surface area contributed by atoms with Crippen LogP contribution in [0.2, 0.25) is 0 Å². The zero-order valence-corrected chi connectivity index (χ0v) is 18.6. The van der Waals surface area contributed by atoms with Crippen molar-refractivity contribution in [2.75, 3.05) is 20.3 Å². The first-order valence-electron chi connectivity index (χ1n) is 9.78. The lowest BCUT2D eigenvalue weighted by atomic mass is 10.1. The van der Waals surface area contributed by atoms with Gasteiger partial charge in [-0.3, -0.25) is 9.69 Å². The number of para-hydroxylation sites is 1. The van der Waals surface area contributed by atoms with E-state index in [9.17, 15) is 19.5 Å². The van der Waals surface area contributed by atoms with Crippen molar-refractivity contribution in [1.29, 1.82) is 0 Å². The number of likely N-dealkylation sites (N-methyl/N-ethyl adjacent to an activating group) is 1. The summed E-state index contributed by atoms with van der Waals surface area (Å²) in [6.45, 7) is 3.43. The van der Waals surface area contributed by atoms with Crippen molar-refractivity contribution in [3.05, 3.63) is 64.1 Å². The molecule has 0 aliphatic carbocycles. The maximum atomic E-state index is 12.8. The Labute approximate surface area is 189 Å². The van der Waals surface area contributed by atoms with Gasteiger partial charge >= 0.3 is 11.9 Å². The van der Waals surface area contributed by atoms with Crippen molar-refractivity contribution >= 4 is 46.5 Å². The highest BCUT2D eigenvalue weighted by Crippen LogP contribution is 2.35. The number of benzene rings is 2. The maximum Gasteiger partial charge on any atom is 0.344 e. The van der Waals surface area contributed by atoms with Crippen molar-refractivity contribution in [3.8, 4) is 5.75 Å². The number of esters is 1. The Kier molecular flexibility index (Phi) is 7.32. The van der Waals surface area contributed by atoms with Gasteiger partial charge in [-0.25, -0.2) is 14.6 Å². The minimum absolute atomic E-state index is 0.160. The third-order valence-corrected chi connectivity index (χ3v) is 5.67. The Morgan fingerprint density at radius 3 is 2.66 bits per heavy atom. The third kappa shape index (κ3) is 5.17. The quantitative estimate of drug-likeness (QED) is 0.500. The molecule has 0 saturated carbocycles. The van der Waals surface area contributed by atoms with E-state index in [4.69, 9.17) is 9.47 Å². The molecular weight excluding hydrogens is 432 g/mol. The molecule has 0 radical (unpaired) electrons. The van der Waals surface area contributed by atoms with Crippen LogP contribution in [0.1, 0.15) is 28.4 Å². The highest BCUT2D eigenvalue weighted by atomic mass is 32.2. The van der Waals surface area contributed by atoms with Gasteiger partial charge in [0.2, 0.25) is 0 Å². The fourth-order valence-corrected chi connectivity index (χ4v) is 3.91. The Morgan fingerprint density at radius 1 is 1.19 bits per heavy atom. The van der Waals surface area contributed by atoms with E-state index < -0.39 is 11.9 Å². The molecule has 1 fully saturated rings. The number of hydrogen-bond acceptors (Lipinski definition) is 7. The summed E-state index contributed by atoms with van der Waals surface area (Å²) in [6, 6.07) is 11.9. The second kappa shape index (κ2) is 10.1. The maximum absolute atomic E-state index is 12.8. The number of carboxylic acid groups (broad SMARTS) is 1. The van der Waals surface area contributed by atoms with Gasteiger partial charge in [0.1, 0.15) is 5.75 Å². The number of aromatic carboxylic acids is 1. The predicted molar refractivity (Wildman–Crippen MR) is 122 cm³/mol. The van der Waals surface area contributed by atoms with Gasteiger partial charge < -0.3 is 14.6 Å². The molecule has 3 rings (SSSR count). The summed E-state index contributed by atoms with van der Waals surface area (Å²) in [5.74, 6) is -1.32. The molecule has 1 aliphatic heterocycles. The molecule has 1 N–H and O–H groups in total. The first kappa shape index (κ1) is 23.1. The topological polar surface area (TPSA) is 106 Å². The minimum atomic E-state index is -1.03. The zero-order valence-electron chi connectivity index (χ0n) is 17.8. The van der Waals surface area contributed by atoms with Crippen LogP contribution in [0.25, 0.3) is 6.08 Å². The molecule has 0 unspecified atom stereocenters. The molecule has 0 atom stereocenters. The zero-order chi connectivity index (χ0) is 23.3. The number of rotatable bonds is 7. The summed E-state index contributed by atoms with van der Waals surface area (Å²) in [6.07, 6.45) is 1.67. The van der Waals surface area contributed by atoms with Crippen molar-refractivity contribution in [2.45, 2.75) is 13.8 Å². The molecular formula is C23H22N2O6S. The monoisotopic (exact) mass is 454 g/mol. The Bertz CT molecular complexity index is 1130. The van der Waals surface area contributed by atoms with E-state index in [1.165, 1.54) is 22.7 Å². The van der Waals surface area contributed by atoms with Crippen LogP contribution >= 0.6 is 11.8 Å². The smallest absolute Gasteiger partial charge is 0.344 e. The number of hydrogen-bond donors (Lipinski definition) is 1. The number of amidine groups is 1. The molecule has 8 nitrogen and oxygen atoms in total. The third-order valence-electron chi connectivity index (χ3n) is 4.61. The van der Waals surface area contributed by atoms with Gasteiger partial charge in [0.15, 0.2) is 11.8 Å². The van der Waals surface area contributed by atoms with E-state index in [1.54, 1.807) is 63.4 Å². The fraction of sp³-hybridized carbons (Fsp3) is 0.217. The molecule has 0 bridgehead atoms. The highest BCUT2D eigenvalue weighted by Gasteiger charge is 2.31. The van der Waals surface area contributed by atoms with Gasteiger partial charge in [0.25, 0.3) is 5.91 Å². The summed E-state index contributed by atoms with van der Waals surface area (Å²) >= 11 is 1.17. The number of carboxylic acids is 1. The summed E-state index contributed by atoms with van der Waals surface area (Å²) in [7, 11) is 1.61. The lowest BCUT2D eigenvalue weighted by Gasteiger charge is -2.09. The number of amides is 1. The van der Waals surface area contributed by atoms with Crippen LogP contribution in [-0.4, -0.2) is 53.3 Å². The number of ether oxygens (including phenoxy) is 2. The first-order valence-corrected chi connectivity index (χ1v) is 10.6. The number of carbonyl (C=O) groups is 3. The second-order valence-electron chi connectivity index (χ2n) is 6.76. The Morgan fingerprint density at radius 2 is 1.94 bits per heavy atom. The van der Waals surface area contributed by atoms with Crippen molar-refractivity contribution in [1.82, 2.24) is 4.90 Å². The summed E-state index contributed by atoms with van der Waals surface area (Å²) in [4.78, 5) is 42.1. The number of thioether (sulfide) groups is 1. The van der Waals surface area contributed by atoms with Crippen LogP contribution in [0.3, 0.4) is 0 Å². The highest BCUT2D eigenvalue weighted by molar-refractivity contribution is 8.18. The second-order valence-corrected chi connectivity index (χ2v) is 7.76. The molecule has 1 saturated heterocycles. The van der Waals surface area contributed by atoms with Gasteiger partial charge in [-0.05, 0) is 55.4 Å². The van der Waals surface area contributed by atoms with Crippen LogP contribution in [0.4, 0.5) is 5.69 Å². The SMILES string of the molecule is CCOC(=O)COc1ccccc1/C=C1\SC(=Nc2cccc(C(=O)O)c2C)N(C)C1=O. The molecule has 32 heavy (non-hydrogen) atoms. The van der Waals surface area contributed by atoms with Gasteiger partial charge in [-0.1, -0.05) is 24.3 Å². The van der Waals surface area contributed by atoms with Gasteiger partial charge in [0, 0.05) is 12.6 Å². The Hall–Kier alpha value is -3.59. The molecule has 2 aromatic carbocycles. The van der Waals surface area contributed by atoms with Crippen molar-refractivity contribution in [3.63, 3.8) is 0 Å². The van der Waals surface area contributed by atoms with Crippen molar-refractivity contribution in [2.24, 2.45) is 4.99 Å². The van der Waals surface area contributed by atoms with E-state index in [2.05, 4.69) is 4.99 Å². The molecule has 166 valence electrons. The van der Waals surface area contributed by atoms with Crippen molar-refractivity contribution < 1.29 is 29.0 Å². The van der Waals surface area contributed by atoms with Gasteiger partial charge in [0.05, 0.1) is 22.8 Å². The van der Waals surface area contributed by atoms with E-state index in [-0.39, 0.29) is 24.7 Å². The molecule has 0 spiro atoms. The van der Waals surface area contributed by atoms with Gasteiger partial charge in [-0.15, -0.1) is 0 Å². The minimum Gasteiger partial charge on any atom is -0.481 e. The number of aliphatic imine (C=N–C) groups is 1. The van der Waals surface area contributed by atoms with Crippen LogP contribution in [-0.2, 0) is 14.3 Å². The molecule has 9 heteroatoms. The van der Waals surface area contributed by atoms with E-state index in [1.807, 2.05) is 0 Å². The van der Waals surface area contributed by atoms with Gasteiger partial charge in [-0.2, -0.15) is 0 Å². The molecule has 2 aromatic rings. The van der Waals surface area contributed by atoms with E-state index >= 15 is 0 Å². The standard InChI is InChI=1S/C23H22N2O6S/c1-4-30-20(26)13-31-18-11-6-5-8-15(18)12-19-21(27)25(3)23(32-19)24-17-10-7-9-16(14(17)2)22(28)29/h5-12H,4,13H2,1-3H3,(H,28,29)/b19-12-,24-23?. The normalized spacial score (nSPS) is 16.0. The predicted octanol–water partition coefficient (Wildman–Crippen LogP) is 3.87. The van der Waals surface area contributed by atoms with Crippen LogP contribution in [0.15, 0.2) is 52.4 Å². The van der Waals surface area contributed by atoms with E-state index in [0.29, 0.717) is 32.6 Å². The fourth-order valence-electron chi connectivity index (χ4n) is 2.94. The summed E-state index contributed by atoms with van der Waals surface area (Å²) in [5, 5.41) is 9.74. The molecule has 1 aliphatic rings. The lowest BCUT2D eigenvalue weighted by Crippen LogP contribution is -2.23. The van der Waals surface area contributed by atoms with Crippen LogP contribution in [0.5, 0.6) is 5.75 Å². The van der Waals surface area contributed by atoms with Crippen LogP contribution < -0.4 is 4.74 Å². The molecule has 1 amide bonds. The average Bonchev–Trinajstić information content (AvgIpc) is 3.02. The Balaban J connectivity index is 1.87. The average molecular weight is 455 g/mol. The van der Waals surface area contributed by atoms with E-state index in [0.717, 1.165) is 0 Å². The molecule has 0 aromatic heterocycles. The summed E-state index contributed by atoms with van der Waals surface area (Å²) in [5.41, 5.74) is 1.79. The number of nitrogens with zero attached hydrogens (tertiary/aromatic N) is 2. The summed E-state index contributed by atoms with van der Waals surface area (Å²) < 4.78 is 10.4.